The topological polar surface area (TPSA) is 67.9 Å². The molecule has 1 aliphatic heterocycles. The summed E-state index contributed by atoms with van der Waals surface area (Å²) >= 11 is 0. The molecule has 0 bridgehead atoms. The summed E-state index contributed by atoms with van der Waals surface area (Å²) in [6.45, 7) is 6.62. The van der Waals surface area contributed by atoms with Crippen LogP contribution in [0.1, 0.15) is 31.9 Å². The molecule has 0 fully saturated rings. The van der Waals surface area contributed by atoms with Crippen molar-refractivity contribution in [3.05, 3.63) is 35.4 Å². The largest absolute Gasteiger partial charge is 0.447 e. The van der Waals surface area contributed by atoms with Gasteiger partial charge in [0, 0.05) is 19.1 Å². The number of benzene rings is 1. The summed E-state index contributed by atoms with van der Waals surface area (Å²) in [7, 11) is 1.55. The highest BCUT2D eigenvalue weighted by molar-refractivity contribution is 5.87. The molecule has 6 nitrogen and oxygen atoms in total. The summed E-state index contributed by atoms with van der Waals surface area (Å²) in [4.78, 5) is 26.6. The lowest BCUT2D eigenvalue weighted by atomic mass is 9.93. The van der Waals surface area contributed by atoms with E-state index < -0.39 is 12.1 Å². The zero-order valence-corrected chi connectivity index (χ0v) is 14.8. The van der Waals surface area contributed by atoms with Crippen LogP contribution in [0, 0.1) is 0 Å². The minimum Gasteiger partial charge on any atom is -0.447 e. The Kier molecular flexibility index (Phi) is 5.83. The molecule has 0 saturated carbocycles. The normalized spacial score (nSPS) is 17.2. The Bertz CT molecular complexity index is 595. The molecule has 1 aromatic rings. The van der Waals surface area contributed by atoms with E-state index in [4.69, 9.17) is 9.47 Å². The minimum absolute atomic E-state index is 0.166. The van der Waals surface area contributed by atoms with Crippen molar-refractivity contribution in [2.45, 2.75) is 45.3 Å². The van der Waals surface area contributed by atoms with Crippen LogP contribution in [0.25, 0.3) is 0 Å². The Morgan fingerprint density at radius 1 is 1.21 bits per heavy atom. The Balaban J connectivity index is 2.19. The minimum atomic E-state index is -0.575. The van der Waals surface area contributed by atoms with Crippen molar-refractivity contribution in [2.75, 3.05) is 20.3 Å². The molecular weight excluding hydrogens is 308 g/mol. The van der Waals surface area contributed by atoms with E-state index in [1.807, 2.05) is 45.0 Å². The number of hydrogen-bond acceptors (Lipinski definition) is 4. The molecule has 0 radical (unpaired) electrons. The molecule has 1 aliphatic rings. The summed E-state index contributed by atoms with van der Waals surface area (Å²) in [5, 5.41) is 2.96. The first kappa shape index (κ1) is 18.3. The van der Waals surface area contributed by atoms with Crippen LogP contribution in [0.3, 0.4) is 0 Å². The van der Waals surface area contributed by atoms with Crippen molar-refractivity contribution in [3.63, 3.8) is 0 Å². The number of ether oxygens (including phenoxy) is 2. The molecule has 0 aliphatic carbocycles. The first-order chi connectivity index (χ1) is 11.3. The second kappa shape index (κ2) is 7.66. The third-order valence-corrected chi connectivity index (χ3v) is 3.80. The lowest BCUT2D eigenvalue weighted by Crippen LogP contribution is -2.56. The van der Waals surface area contributed by atoms with Gasteiger partial charge in [-0.3, -0.25) is 9.69 Å². The number of methoxy groups -OCH3 is 1. The second-order valence-electron chi connectivity index (χ2n) is 6.96. The number of nitrogens with one attached hydrogen (secondary N) is 1. The monoisotopic (exact) mass is 334 g/mol. The van der Waals surface area contributed by atoms with E-state index in [0.29, 0.717) is 19.6 Å². The number of fused-ring (bicyclic) bond motifs is 1. The van der Waals surface area contributed by atoms with Gasteiger partial charge in [0.2, 0.25) is 5.91 Å². The predicted octanol–water partition coefficient (Wildman–Crippen LogP) is 2.11. The number of nitrogens with zero attached hydrogens (tertiary/aromatic N) is 1. The van der Waals surface area contributed by atoms with Gasteiger partial charge in [0.1, 0.15) is 12.6 Å². The van der Waals surface area contributed by atoms with E-state index in [1.54, 1.807) is 7.11 Å². The van der Waals surface area contributed by atoms with Crippen LogP contribution in [-0.2, 0) is 27.2 Å². The van der Waals surface area contributed by atoms with Gasteiger partial charge < -0.3 is 14.8 Å². The van der Waals surface area contributed by atoms with Crippen molar-refractivity contribution < 1.29 is 19.1 Å². The maximum absolute atomic E-state index is 12.7. The summed E-state index contributed by atoms with van der Waals surface area (Å²) in [5.41, 5.74) is 1.77. The molecular formula is C18H26N2O4. The van der Waals surface area contributed by atoms with E-state index >= 15 is 0 Å². The van der Waals surface area contributed by atoms with Crippen LogP contribution in [0.2, 0.25) is 0 Å². The maximum atomic E-state index is 12.7. The molecule has 0 spiro atoms. The van der Waals surface area contributed by atoms with Crippen LogP contribution in [-0.4, -0.2) is 48.8 Å². The molecule has 0 saturated heterocycles. The van der Waals surface area contributed by atoms with Gasteiger partial charge in [0.25, 0.3) is 0 Å². The van der Waals surface area contributed by atoms with Crippen molar-refractivity contribution in [2.24, 2.45) is 0 Å². The van der Waals surface area contributed by atoms with E-state index in [2.05, 4.69) is 5.32 Å². The molecule has 1 N–H and O–H groups in total. The first-order valence-electron chi connectivity index (χ1n) is 8.13. The van der Waals surface area contributed by atoms with Crippen molar-refractivity contribution >= 4 is 12.0 Å². The number of carbonyl (C=O) groups is 2. The van der Waals surface area contributed by atoms with Gasteiger partial charge in [0.15, 0.2) is 0 Å². The fourth-order valence-corrected chi connectivity index (χ4v) is 2.70. The van der Waals surface area contributed by atoms with Crippen molar-refractivity contribution in [1.82, 2.24) is 10.2 Å². The number of rotatable bonds is 4. The molecule has 1 aromatic carbocycles. The van der Waals surface area contributed by atoms with Gasteiger partial charge in [-0.1, -0.05) is 24.3 Å². The lowest BCUT2D eigenvalue weighted by molar-refractivity contribution is -0.128. The Morgan fingerprint density at radius 3 is 2.50 bits per heavy atom. The van der Waals surface area contributed by atoms with Gasteiger partial charge in [-0.15, -0.1) is 0 Å². The van der Waals surface area contributed by atoms with E-state index in [9.17, 15) is 9.59 Å². The van der Waals surface area contributed by atoms with Crippen LogP contribution in [0.5, 0.6) is 0 Å². The Labute approximate surface area is 143 Å². The van der Waals surface area contributed by atoms with Crippen LogP contribution < -0.4 is 5.32 Å². The second-order valence-corrected chi connectivity index (χ2v) is 6.96. The number of hydrogen-bond donors (Lipinski definition) is 1. The molecule has 2 amide bonds. The average Bonchev–Trinajstić information content (AvgIpc) is 2.52. The molecule has 0 unspecified atom stereocenters. The van der Waals surface area contributed by atoms with Gasteiger partial charge >= 0.3 is 6.09 Å². The molecule has 6 heteroatoms. The van der Waals surface area contributed by atoms with Crippen molar-refractivity contribution in [1.29, 1.82) is 0 Å². The predicted molar refractivity (Wildman–Crippen MR) is 90.6 cm³/mol. The number of amides is 2. The highest BCUT2D eigenvalue weighted by Gasteiger charge is 2.36. The summed E-state index contributed by atoms with van der Waals surface area (Å²) in [5.74, 6) is -0.166. The Hall–Kier alpha value is -2.08. The van der Waals surface area contributed by atoms with E-state index in [0.717, 1.165) is 11.1 Å². The first-order valence-corrected chi connectivity index (χ1v) is 8.13. The quantitative estimate of drug-likeness (QED) is 0.857. The van der Waals surface area contributed by atoms with Crippen LogP contribution in [0.15, 0.2) is 24.3 Å². The number of carbonyl (C=O) groups excluding carboxylic acids is 2. The maximum Gasteiger partial charge on any atom is 0.410 e. The third-order valence-electron chi connectivity index (χ3n) is 3.80. The van der Waals surface area contributed by atoms with Gasteiger partial charge in [-0.05, 0) is 31.9 Å². The summed E-state index contributed by atoms with van der Waals surface area (Å²) < 4.78 is 10.1. The van der Waals surface area contributed by atoms with E-state index in [-0.39, 0.29) is 18.1 Å². The van der Waals surface area contributed by atoms with Crippen LogP contribution in [0.4, 0.5) is 4.79 Å². The van der Waals surface area contributed by atoms with Crippen molar-refractivity contribution in [3.8, 4) is 0 Å². The average molecular weight is 334 g/mol. The molecule has 24 heavy (non-hydrogen) atoms. The molecule has 0 aromatic heterocycles. The lowest BCUT2D eigenvalue weighted by Gasteiger charge is -2.36. The Morgan fingerprint density at radius 2 is 1.88 bits per heavy atom. The highest BCUT2D eigenvalue weighted by atomic mass is 16.6. The zero-order chi connectivity index (χ0) is 17.7. The van der Waals surface area contributed by atoms with Gasteiger partial charge in [-0.25, -0.2) is 4.79 Å². The third kappa shape index (κ3) is 4.71. The molecule has 1 heterocycles. The fraction of sp³-hybridized carbons (Fsp3) is 0.556. The standard InChI is InChI=1S/C18H26N2O4/c1-18(2,3)19-16(21)15-11-13-7-5-6-8-14(13)12-20(15)17(22)24-10-9-23-4/h5-8,15H,9-12H2,1-4H3,(H,19,21)/t15-/m0/s1. The molecule has 1 atom stereocenters. The smallest absolute Gasteiger partial charge is 0.410 e. The summed E-state index contributed by atoms with van der Waals surface area (Å²) in [6, 6.07) is 7.28. The highest BCUT2D eigenvalue weighted by Crippen LogP contribution is 2.24. The fourth-order valence-electron chi connectivity index (χ4n) is 2.70. The SMILES string of the molecule is COCCOC(=O)N1Cc2ccccc2C[C@H]1C(=O)NC(C)(C)C. The molecule has 2 rings (SSSR count). The van der Waals surface area contributed by atoms with E-state index in [1.165, 1.54) is 4.90 Å². The molecule has 132 valence electrons. The zero-order valence-electron chi connectivity index (χ0n) is 14.8. The van der Waals surface area contributed by atoms with Gasteiger partial charge in [0.05, 0.1) is 13.2 Å². The summed E-state index contributed by atoms with van der Waals surface area (Å²) in [6.07, 6.45) is -0.00658. The van der Waals surface area contributed by atoms with Gasteiger partial charge in [-0.2, -0.15) is 0 Å². The van der Waals surface area contributed by atoms with Crippen LogP contribution >= 0.6 is 0 Å².